The Labute approximate surface area is 78.1 Å². The lowest BCUT2D eigenvalue weighted by Crippen LogP contribution is -2.29. The molecule has 1 aliphatic heterocycles. The van der Waals surface area contributed by atoms with Crippen LogP contribution in [0.3, 0.4) is 0 Å². The molecule has 0 bridgehead atoms. The molecule has 0 N–H and O–H groups in total. The van der Waals surface area contributed by atoms with Gasteiger partial charge in [-0.2, -0.15) is 5.26 Å². The summed E-state index contributed by atoms with van der Waals surface area (Å²) in [7, 11) is 1.38. The Hall–Kier alpha value is -1.24. The van der Waals surface area contributed by atoms with Crippen LogP contribution >= 0.6 is 0 Å². The van der Waals surface area contributed by atoms with Crippen molar-refractivity contribution in [1.29, 1.82) is 5.26 Å². The van der Waals surface area contributed by atoms with E-state index in [1.54, 1.807) is 4.90 Å². The van der Waals surface area contributed by atoms with Gasteiger partial charge in [-0.25, -0.2) is 4.79 Å². The van der Waals surface area contributed by atoms with Gasteiger partial charge in [-0.05, 0) is 19.3 Å². The first kappa shape index (κ1) is 9.85. The fraction of sp³-hybridized carbons (Fsp3) is 0.778. The molecule has 4 heteroatoms. The molecule has 2 unspecified atom stereocenters. The lowest BCUT2D eigenvalue weighted by atomic mass is 9.95. The molecule has 1 saturated heterocycles. The fourth-order valence-electron chi connectivity index (χ4n) is 1.60. The van der Waals surface area contributed by atoms with E-state index < -0.39 is 0 Å². The van der Waals surface area contributed by atoms with Gasteiger partial charge in [-0.3, -0.25) is 0 Å². The molecule has 1 rings (SSSR count). The third-order valence-electron chi connectivity index (χ3n) is 2.57. The van der Waals surface area contributed by atoms with Crippen LogP contribution in [0.5, 0.6) is 0 Å². The Morgan fingerprint density at radius 3 is 3.00 bits per heavy atom. The number of nitriles is 1. The normalized spacial score (nSPS) is 23.8. The molecule has 0 aromatic heterocycles. The van der Waals surface area contributed by atoms with E-state index in [2.05, 4.69) is 10.8 Å². The number of carbonyl (C=O) groups is 1. The summed E-state index contributed by atoms with van der Waals surface area (Å²) in [6.07, 6.45) is 0.622. The molecule has 72 valence electrons. The molecule has 1 heterocycles. The number of rotatable bonds is 1. The Morgan fingerprint density at radius 1 is 1.77 bits per heavy atom. The Morgan fingerprint density at radius 2 is 2.46 bits per heavy atom. The van der Waals surface area contributed by atoms with Crippen molar-refractivity contribution in [3.05, 3.63) is 0 Å². The highest BCUT2D eigenvalue weighted by molar-refractivity contribution is 5.67. The van der Waals surface area contributed by atoms with E-state index >= 15 is 0 Å². The van der Waals surface area contributed by atoms with Crippen molar-refractivity contribution in [3.63, 3.8) is 0 Å². The van der Waals surface area contributed by atoms with Gasteiger partial charge in [0.15, 0.2) is 0 Å². The van der Waals surface area contributed by atoms with E-state index in [0.29, 0.717) is 19.0 Å². The Kier molecular flexibility index (Phi) is 3.13. The van der Waals surface area contributed by atoms with Crippen LogP contribution in [0, 0.1) is 23.2 Å². The summed E-state index contributed by atoms with van der Waals surface area (Å²) in [6.45, 7) is 3.26. The average Bonchev–Trinajstić information content (AvgIpc) is 2.64. The van der Waals surface area contributed by atoms with Gasteiger partial charge >= 0.3 is 6.09 Å². The van der Waals surface area contributed by atoms with Crippen LogP contribution in [0.4, 0.5) is 4.79 Å². The van der Waals surface area contributed by atoms with E-state index in [4.69, 9.17) is 5.26 Å². The monoisotopic (exact) mass is 182 g/mol. The molecule has 0 spiro atoms. The van der Waals surface area contributed by atoms with Gasteiger partial charge < -0.3 is 9.64 Å². The number of hydrogen-bond donors (Lipinski definition) is 0. The van der Waals surface area contributed by atoms with Crippen molar-refractivity contribution >= 4 is 6.09 Å². The number of likely N-dealkylation sites (tertiary alicyclic amines) is 1. The van der Waals surface area contributed by atoms with E-state index in [1.807, 2.05) is 6.92 Å². The zero-order chi connectivity index (χ0) is 9.84. The molecule has 2 atom stereocenters. The molecule has 13 heavy (non-hydrogen) atoms. The second-order valence-corrected chi connectivity index (χ2v) is 3.38. The third kappa shape index (κ3) is 2.11. The topological polar surface area (TPSA) is 53.3 Å². The van der Waals surface area contributed by atoms with Gasteiger partial charge in [0.2, 0.25) is 0 Å². The highest BCUT2D eigenvalue weighted by Gasteiger charge is 2.30. The second-order valence-electron chi connectivity index (χ2n) is 3.38. The summed E-state index contributed by atoms with van der Waals surface area (Å²) in [4.78, 5) is 12.7. The minimum atomic E-state index is -0.285. The molecule has 1 amide bonds. The first-order valence-corrected chi connectivity index (χ1v) is 4.41. The SMILES string of the molecule is COC(=O)N1CCC(C(C)C#N)C1. The van der Waals surface area contributed by atoms with Crippen molar-refractivity contribution in [1.82, 2.24) is 4.90 Å². The lowest BCUT2D eigenvalue weighted by molar-refractivity contribution is 0.131. The van der Waals surface area contributed by atoms with Crippen LogP contribution in [0.15, 0.2) is 0 Å². The molecular weight excluding hydrogens is 168 g/mol. The van der Waals surface area contributed by atoms with E-state index in [0.717, 1.165) is 6.42 Å². The van der Waals surface area contributed by atoms with Crippen molar-refractivity contribution in [2.45, 2.75) is 13.3 Å². The fourth-order valence-corrected chi connectivity index (χ4v) is 1.60. The summed E-state index contributed by atoms with van der Waals surface area (Å²) >= 11 is 0. The summed E-state index contributed by atoms with van der Waals surface area (Å²) in [5.41, 5.74) is 0. The Balaban J connectivity index is 2.46. The number of carbonyl (C=O) groups excluding carboxylic acids is 1. The smallest absolute Gasteiger partial charge is 0.409 e. The number of ether oxygens (including phenoxy) is 1. The van der Waals surface area contributed by atoms with E-state index in [-0.39, 0.29) is 12.0 Å². The van der Waals surface area contributed by atoms with Gasteiger partial charge in [0.05, 0.1) is 13.2 Å². The summed E-state index contributed by atoms with van der Waals surface area (Å²) < 4.78 is 4.60. The minimum absolute atomic E-state index is 0.0228. The molecule has 0 radical (unpaired) electrons. The molecule has 0 aromatic carbocycles. The number of amides is 1. The first-order valence-electron chi connectivity index (χ1n) is 4.41. The lowest BCUT2D eigenvalue weighted by Gasteiger charge is -2.15. The molecule has 1 fully saturated rings. The summed E-state index contributed by atoms with van der Waals surface area (Å²) in [5, 5.41) is 8.69. The van der Waals surface area contributed by atoms with Crippen LogP contribution in [-0.4, -0.2) is 31.2 Å². The zero-order valence-corrected chi connectivity index (χ0v) is 7.99. The highest BCUT2D eigenvalue weighted by atomic mass is 16.5. The third-order valence-corrected chi connectivity index (χ3v) is 2.57. The van der Waals surface area contributed by atoms with Crippen molar-refractivity contribution in [2.24, 2.45) is 11.8 Å². The zero-order valence-electron chi connectivity index (χ0n) is 7.99. The minimum Gasteiger partial charge on any atom is -0.453 e. The number of nitrogens with zero attached hydrogens (tertiary/aromatic N) is 2. The quantitative estimate of drug-likeness (QED) is 0.613. The van der Waals surface area contributed by atoms with Crippen molar-refractivity contribution in [2.75, 3.05) is 20.2 Å². The number of hydrogen-bond acceptors (Lipinski definition) is 3. The highest BCUT2D eigenvalue weighted by Crippen LogP contribution is 2.23. The average molecular weight is 182 g/mol. The molecule has 4 nitrogen and oxygen atoms in total. The summed E-state index contributed by atoms with van der Waals surface area (Å²) in [5.74, 6) is 0.332. The van der Waals surface area contributed by atoms with Crippen molar-refractivity contribution < 1.29 is 9.53 Å². The standard InChI is InChI=1S/C9H14N2O2/c1-7(5-10)8-3-4-11(6-8)9(12)13-2/h7-8H,3-4,6H2,1-2H3. The van der Waals surface area contributed by atoms with E-state index in [1.165, 1.54) is 7.11 Å². The van der Waals surface area contributed by atoms with Gasteiger partial charge in [-0.1, -0.05) is 0 Å². The van der Waals surface area contributed by atoms with Crippen LogP contribution < -0.4 is 0 Å². The van der Waals surface area contributed by atoms with Gasteiger partial charge in [0.1, 0.15) is 0 Å². The maximum absolute atomic E-state index is 11.1. The molecule has 0 aromatic rings. The molecule has 0 aliphatic carbocycles. The van der Waals surface area contributed by atoms with Gasteiger partial charge in [0.25, 0.3) is 0 Å². The molecule has 1 aliphatic rings. The van der Waals surface area contributed by atoms with Crippen molar-refractivity contribution in [3.8, 4) is 6.07 Å². The van der Waals surface area contributed by atoms with Crippen LogP contribution in [0.2, 0.25) is 0 Å². The van der Waals surface area contributed by atoms with Gasteiger partial charge in [0, 0.05) is 19.0 Å². The largest absolute Gasteiger partial charge is 0.453 e. The predicted octanol–water partition coefficient (Wildman–Crippen LogP) is 1.23. The van der Waals surface area contributed by atoms with Crippen LogP contribution in [0.25, 0.3) is 0 Å². The molecular formula is C9H14N2O2. The van der Waals surface area contributed by atoms with Crippen LogP contribution in [-0.2, 0) is 4.74 Å². The predicted molar refractivity (Wildman–Crippen MR) is 46.9 cm³/mol. The van der Waals surface area contributed by atoms with Crippen LogP contribution in [0.1, 0.15) is 13.3 Å². The summed E-state index contributed by atoms with van der Waals surface area (Å²) in [6, 6.07) is 2.21. The number of methoxy groups -OCH3 is 1. The maximum Gasteiger partial charge on any atom is 0.409 e. The van der Waals surface area contributed by atoms with E-state index in [9.17, 15) is 4.79 Å². The maximum atomic E-state index is 11.1. The first-order chi connectivity index (χ1) is 6.19. The second kappa shape index (κ2) is 4.13. The Bertz CT molecular complexity index is 234. The van der Waals surface area contributed by atoms with Gasteiger partial charge in [-0.15, -0.1) is 0 Å². The molecule has 0 saturated carbocycles.